The molecule has 72 valence electrons. The van der Waals surface area contributed by atoms with E-state index in [9.17, 15) is 4.79 Å². The van der Waals surface area contributed by atoms with E-state index < -0.39 is 0 Å². The van der Waals surface area contributed by atoms with Crippen molar-refractivity contribution in [3.05, 3.63) is 26.4 Å². The van der Waals surface area contributed by atoms with Crippen molar-refractivity contribution in [2.24, 2.45) is 5.92 Å². The molecule has 0 spiro atoms. The van der Waals surface area contributed by atoms with Crippen molar-refractivity contribution in [1.82, 2.24) is 9.55 Å². The van der Waals surface area contributed by atoms with E-state index in [4.69, 9.17) is 11.6 Å². The molecular weight excluding hydrogens is 302 g/mol. The van der Waals surface area contributed by atoms with Gasteiger partial charge in [-0.2, -0.15) is 0 Å². The number of hydrogen-bond acceptors (Lipinski definition) is 2. The molecular formula is C8H10ClIN2O. The smallest absolute Gasteiger partial charge is 0.266 e. The molecule has 1 rings (SSSR count). The van der Waals surface area contributed by atoms with Crippen LogP contribution in [-0.4, -0.2) is 15.4 Å². The lowest BCUT2D eigenvalue weighted by atomic mass is 10.2. The molecule has 1 aromatic heterocycles. The topological polar surface area (TPSA) is 34.9 Å². The summed E-state index contributed by atoms with van der Waals surface area (Å²) in [6, 6.07) is 0. The Balaban J connectivity index is 2.89. The van der Waals surface area contributed by atoms with Crippen molar-refractivity contribution in [3.63, 3.8) is 0 Å². The van der Waals surface area contributed by atoms with Crippen LogP contribution in [0.1, 0.15) is 6.92 Å². The molecule has 0 fully saturated rings. The molecule has 0 aliphatic carbocycles. The highest BCUT2D eigenvalue weighted by atomic mass is 127. The third-order valence-corrected chi connectivity index (χ3v) is 2.90. The van der Waals surface area contributed by atoms with E-state index in [2.05, 4.69) is 4.98 Å². The first-order valence-electron chi connectivity index (χ1n) is 3.91. The molecule has 0 aliphatic heterocycles. The van der Waals surface area contributed by atoms with Crippen molar-refractivity contribution < 1.29 is 0 Å². The highest BCUT2D eigenvalue weighted by Gasteiger charge is 2.04. The van der Waals surface area contributed by atoms with E-state index in [1.807, 2.05) is 29.5 Å². The second-order valence-electron chi connectivity index (χ2n) is 2.96. The van der Waals surface area contributed by atoms with E-state index in [1.54, 1.807) is 17.1 Å². The Morgan fingerprint density at radius 2 is 2.46 bits per heavy atom. The van der Waals surface area contributed by atoms with Gasteiger partial charge in [0, 0.05) is 18.6 Å². The molecule has 1 aromatic rings. The van der Waals surface area contributed by atoms with Crippen molar-refractivity contribution in [2.45, 2.75) is 13.5 Å². The zero-order chi connectivity index (χ0) is 9.84. The summed E-state index contributed by atoms with van der Waals surface area (Å²) in [7, 11) is 0. The van der Waals surface area contributed by atoms with E-state index >= 15 is 0 Å². The predicted molar refractivity (Wildman–Crippen MR) is 61.1 cm³/mol. The maximum absolute atomic E-state index is 11.5. The van der Waals surface area contributed by atoms with Crippen molar-refractivity contribution in [3.8, 4) is 0 Å². The molecule has 1 unspecified atom stereocenters. The van der Waals surface area contributed by atoms with Gasteiger partial charge in [0.2, 0.25) is 0 Å². The number of rotatable bonds is 3. The van der Waals surface area contributed by atoms with Crippen LogP contribution in [0.4, 0.5) is 0 Å². The molecule has 0 saturated heterocycles. The van der Waals surface area contributed by atoms with E-state index in [0.29, 0.717) is 21.9 Å². The van der Waals surface area contributed by atoms with Crippen LogP contribution in [0, 0.1) is 9.49 Å². The third-order valence-electron chi connectivity index (χ3n) is 1.63. The average molecular weight is 313 g/mol. The summed E-state index contributed by atoms with van der Waals surface area (Å²) in [6.07, 6.45) is 3.11. The van der Waals surface area contributed by atoms with Crippen LogP contribution < -0.4 is 5.56 Å². The monoisotopic (exact) mass is 312 g/mol. The Morgan fingerprint density at radius 3 is 3.08 bits per heavy atom. The van der Waals surface area contributed by atoms with Crippen LogP contribution in [0.2, 0.25) is 0 Å². The second kappa shape index (κ2) is 4.95. The van der Waals surface area contributed by atoms with E-state index in [1.165, 1.54) is 0 Å². The Morgan fingerprint density at radius 1 is 1.77 bits per heavy atom. The van der Waals surface area contributed by atoms with Gasteiger partial charge >= 0.3 is 0 Å². The van der Waals surface area contributed by atoms with Gasteiger partial charge in [0.15, 0.2) is 0 Å². The summed E-state index contributed by atoms with van der Waals surface area (Å²) >= 11 is 7.64. The van der Waals surface area contributed by atoms with Crippen LogP contribution in [-0.2, 0) is 6.54 Å². The summed E-state index contributed by atoms with van der Waals surface area (Å²) in [5.41, 5.74) is 0.00701. The Labute approximate surface area is 95.3 Å². The van der Waals surface area contributed by atoms with Gasteiger partial charge in [0.05, 0.1) is 9.90 Å². The first-order valence-corrected chi connectivity index (χ1v) is 5.52. The molecule has 0 N–H and O–H groups in total. The fourth-order valence-corrected chi connectivity index (χ4v) is 1.51. The summed E-state index contributed by atoms with van der Waals surface area (Å²) in [6.45, 7) is 2.63. The first-order chi connectivity index (χ1) is 6.15. The normalized spacial score (nSPS) is 12.8. The van der Waals surface area contributed by atoms with Gasteiger partial charge in [0.1, 0.15) is 0 Å². The standard InChI is InChI=1S/C8H10ClIN2O/c1-6(2-9)4-12-5-11-3-7(10)8(12)13/h3,5-6H,2,4H2,1H3. The Kier molecular flexibility index (Phi) is 4.18. The molecule has 3 nitrogen and oxygen atoms in total. The lowest BCUT2D eigenvalue weighted by Crippen LogP contribution is -2.25. The molecule has 0 aromatic carbocycles. The number of alkyl halides is 1. The van der Waals surface area contributed by atoms with E-state index in [0.717, 1.165) is 0 Å². The minimum absolute atomic E-state index is 0.00701. The van der Waals surface area contributed by atoms with Gasteiger partial charge in [-0.05, 0) is 28.5 Å². The minimum atomic E-state index is 0.00701. The molecule has 0 bridgehead atoms. The number of halogens is 2. The fraction of sp³-hybridized carbons (Fsp3) is 0.500. The molecule has 13 heavy (non-hydrogen) atoms. The van der Waals surface area contributed by atoms with Crippen molar-refractivity contribution in [2.75, 3.05) is 5.88 Å². The van der Waals surface area contributed by atoms with Gasteiger partial charge < -0.3 is 0 Å². The lowest BCUT2D eigenvalue weighted by molar-refractivity contribution is 0.508. The van der Waals surface area contributed by atoms with Gasteiger partial charge in [-0.15, -0.1) is 11.6 Å². The zero-order valence-electron chi connectivity index (χ0n) is 7.20. The van der Waals surface area contributed by atoms with Crippen LogP contribution in [0.5, 0.6) is 0 Å². The van der Waals surface area contributed by atoms with Gasteiger partial charge in [-0.1, -0.05) is 6.92 Å². The molecule has 0 aliphatic rings. The van der Waals surface area contributed by atoms with Gasteiger partial charge in [-0.3, -0.25) is 9.36 Å². The summed E-state index contributed by atoms with van der Waals surface area (Å²) in [4.78, 5) is 15.4. The number of nitrogens with zero attached hydrogens (tertiary/aromatic N) is 2. The van der Waals surface area contributed by atoms with Crippen molar-refractivity contribution in [1.29, 1.82) is 0 Å². The molecule has 1 atom stereocenters. The summed E-state index contributed by atoms with van der Waals surface area (Å²) in [5, 5.41) is 0. The molecule has 0 saturated carbocycles. The van der Waals surface area contributed by atoms with Crippen LogP contribution in [0.25, 0.3) is 0 Å². The summed E-state index contributed by atoms with van der Waals surface area (Å²) in [5.74, 6) is 0.845. The van der Waals surface area contributed by atoms with Crippen molar-refractivity contribution >= 4 is 34.2 Å². The maximum Gasteiger partial charge on any atom is 0.266 e. The number of aromatic nitrogens is 2. The van der Waals surface area contributed by atoms with Crippen LogP contribution >= 0.6 is 34.2 Å². The lowest BCUT2D eigenvalue weighted by Gasteiger charge is -2.09. The fourth-order valence-electron chi connectivity index (χ4n) is 0.939. The number of hydrogen-bond donors (Lipinski definition) is 0. The van der Waals surface area contributed by atoms with Crippen LogP contribution in [0.3, 0.4) is 0 Å². The predicted octanol–water partition coefficient (Wildman–Crippen LogP) is 1.72. The largest absolute Gasteiger partial charge is 0.298 e. The zero-order valence-corrected chi connectivity index (χ0v) is 10.1. The maximum atomic E-state index is 11.5. The average Bonchev–Trinajstić information content (AvgIpc) is 2.13. The quantitative estimate of drug-likeness (QED) is 0.629. The minimum Gasteiger partial charge on any atom is -0.298 e. The second-order valence-corrected chi connectivity index (χ2v) is 4.43. The summed E-state index contributed by atoms with van der Waals surface area (Å²) < 4.78 is 2.23. The molecule has 0 radical (unpaired) electrons. The van der Waals surface area contributed by atoms with E-state index in [-0.39, 0.29) is 5.56 Å². The third kappa shape index (κ3) is 2.95. The first kappa shape index (κ1) is 11.0. The van der Waals surface area contributed by atoms with Gasteiger partial charge in [-0.25, -0.2) is 4.98 Å². The van der Waals surface area contributed by atoms with Crippen LogP contribution in [0.15, 0.2) is 17.3 Å². The molecule has 5 heteroatoms. The van der Waals surface area contributed by atoms with Gasteiger partial charge in [0.25, 0.3) is 5.56 Å². The Hall–Kier alpha value is -0.100. The highest BCUT2D eigenvalue weighted by molar-refractivity contribution is 14.1. The highest BCUT2D eigenvalue weighted by Crippen LogP contribution is 2.01. The molecule has 0 amide bonds. The molecule has 1 heterocycles. The SMILES string of the molecule is CC(CCl)Cn1cncc(I)c1=O. The Bertz CT molecular complexity index is 339.